The summed E-state index contributed by atoms with van der Waals surface area (Å²) in [4.78, 5) is 9.63. The molecular weight excluding hydrogens is 174 g/mol. The quantitative estimate of drug-likeness (QED) is 0.571. The van der Waals surface area contributed by atoms with Gasteiger partial charge in [0.1, 0.15) is 10.7 Å². The van der Waals surface area contributed by atoms with Crippen molar-refractivity contribution in [2.24, 2.45) is 0 Å². The third-order valence-corrected chi connectivity index (χ3v) is 1.43. The second-order valence-electron chi connectivity index (χ2n) is 3.49. The van der Waals surface area contributed by atoms with Gasteiger partial charge in [-0.2, -0.15) is 0 Å². The number of hydrogen-bond acceptors (Lipinski definition) is 4. The molecule has 5 heteroatoms. The van der Waals surface area contributed by atoms with Gasteiger partial charge in [0.25, 0.3) is 0 Å². The highest BCUT2D eigenvalue weighted by Crippen LogP contribution is 2.19. The molecule has 0 fully saturated rings. The molecule has 5 nitrogen and oxygen atoms in total. The first-order chi connectivity index (χ1) is 5.88. The molecule has 0 aliphatic rings. The molecule has 1 rings (SSSR count). The molecule has 0 spiro atoms. The molecular formula is C8H11NO4. The van der Waals surface area contributed by atoms with Crippen LogP contribution in [0, 0.1) is 10.1 Å². The van der Waals surface area contributed by atoms with Crippen molar-refractivity contribution in [1.29, 1.82) is 0 Å². The van der Waals surface area contributed by atoms with E-state index in [9.17, 15) is 15.2 Å². The smallest absolute Gasteiger partial charge is 0.406 e. The normalized spacial score (nSPS) is 11.6. The number of hydrogen-bond donors (Lipinski definition) is 1. The Morgan fingerprint density at radius 1 is 1.62 bits per heavy atom. The van der Waals surface area contributed by atoms with Crippen molar-refractivity contribution < 1.29 is 14.4 Å². The number of nitrogens with zero attached hydrogens (tertiary/aromatic N) is 1. The molecule has 0 saturated heterocycles. The van der Waals surface area contributed by atoms with Gasteiger partial charge >= 0.3 is 5.88 Å². The van der Waals surface area contributed by atoms with E-state index in [1.54, 1.807) is 13.8 Å². The zero-order valence-electron chi connectivity index (χ0n) is 7.48. The molecule has 0 radical (unpaired) electrons. The van der Waals surface area contributed by atoms with Gasteiger partial charge in [0.15, 0.2) is 0 Å². The van der Waals surface area contributed by atoms with E-state index in [-0.39, 0.29) is 12.3 Å². The van der Waals surface area contributed by atoms with Crippen LogP contribution in [0.3, 0.4) is 0 Å². The Labute approximate surface area is 75.1 Å². The minimum atomic E-state index is -0.911. The summed E-state index contributed by atoms with van der Waals surface area (Å²) in [6, 6.07) is 2.77. The molecule has 1 heterocycles. The van der Waals surface area contributed by atoms with Crippen LogP contribution in [-0.4, -0.2) is 15.6 Å². The largest absolute Gasteiger partial charge is 0.433 e. The monoisotopic (exact) mass is 185 g/mol. The van der Waals surface area contributed by atoms with E-state index in [1.807, 2.05) is 0 Å². The van der Waals surface area contributed by atoms with Gasteiger partial charge in [-0.25, -0.2) is 0 Å². The third-order valence-electron chi connectivity index (χ3n) is 1.43. The van der Waals surface area contributed by atoms with Crippen LogP contribution in [0.5, 0.6) is 0 Å². The zero-order valence-corrected chi connectivity index (χ0v) is 7.48. The number of aliphatic hydroxyl groups is 1. The Kier molecular flexibility index (Phi) is 2.38. The molecule has 0 bridgehead atoms. The lowest BCUT2D eigenvalue weighted by molar-refractivity contribution is -0.402. The molecule has 0 unspecified atom stereocenters. The van der Waals surface area contributed by atoms with E-state index in [2.05, 4.69) is 0 Å². The first kappa shape index (κ1) is 9.73. The summed E-state index contributed by atoms with van der Waals surface area (Å²) in [5.74, 6) is 0.124. The van der Waals surface area contributed by atoms with Crippen molar-refractivity contribution in [2.75, 3.05) is 0 Å². The number of furan rings is 1. The summed E-state index contributed by atoms with van der Waals surface area (Å²) < 4.78 is 4.86. The fourth-order valence-electron chi connectivity index (χ4n) is 0.986. The molecule has 1 aromatic heterocycles. The highest BCUT2D eigenvalue weighted by Gasteiger charge is 2.18. The van der Waals surface area contributed by atoms with Crippen LogP contribution in [0.25, 0.3) is 0 Å². The summed E-state index contributed by atoms with van der Waals surface area (Å²) in [6.07, 6.45) is 0.265. The highest BCUT2D eigenvalue weighted by atomic mass is 16.6. The molecule has 72 valence electrons. The molecule has 0 aliphatic heterocycles. The van der Waals surface area contributed by atoms with Gasteiger partial charge in [-0.15, -0.1) is 0 Å². The number of nitro groups is 1. The minimum Gasteiger partial charge on any atom is -0.406 e. The van der Waals surface area contributed by atoms with E-state index in [0.29, 0.717) is 5.76 Å². The lowest BCUT2D eigenvalue weighted by atomic mass is 10.0. The fourth-order valence-corrected chi connectivity index (χ4v) is 0.986. The second-order valence-corrected chi connectivity index (χ2v) is 3.49. The van der Waals surface area contributed by atoms with Gasteiger partial charge in [-0.3, -0.25) is 10.1 Å². The zero-order chi connectivity index (χ0) is 10.1. The van der Waals surface area contributed by atoms with Crippen LogP contribution in [0.15, 0.2) is 16.5 Å². The SMILES string of the molecule is CC(C)(O)Cc1ccc([N+](=O)[O-])o1. The summed E-state index contributed by atoms with van der Waals surface area (Å²) in [5.41, 5.74) is -0.911. The van der Waals surface area contributed by atoms with Crippen molar-refractivity contribution in [3.63, 3.8) is 0 Å². The Morgan fingerprint density at radius 3 is 2.62 bits per heavy atom. The van der Waals surface area contributed by atoms with E-state index >= 15 is 0 Å². The van der Waals surface area contributed by atoms with E-state index < -0.39 is 10.5 Å². The first-order valence-corrected chi connectivity index (χ1v) is 3.84. The van der Waals surface area contributed by atoms with Gasteiger partial charge in [0.05, 0.1) is 11.7 Å². The van der Waals surface area contributed by atoms with Crippen molar-refractivity contribution in [1.82, 2.24) is 0 Å². The number of rotatable bonds is 3. The minimum absolute atomic E-state index is 0.265. The van der Waals surface area contributed by atoms with Crippen molar-refractivity contribution in [3.05, 3.63) is 28.0 Å². The maximum atomic E-state index is 10.2. The van der Waals surface area contributed by atoms with Crippen LogP contribution in [0.4, 0.5) is 5.88 Å². The average Bonchev–Trinajstić information content (AvgIpc) is 2.31. The standard InChI is InChI=1S/C8H11NO4/c1-8(2,10)5-6-3-4-7(13-6)9(11)12/h3-4,10H,5H2,1-2H3. The molecule has 0 amide bonds. The summed E-state index contributed by atoms with van der Waals surface area (Å²) in [5, 5.41) is 19.6. The predicted octanol–water partition coefficient (Wildman–Crippen LogP) is 1.50. The Bertz CT molecular complexity index is 310. The fraction of sp³-hybridized carbons (Fsp3) is 0.500. The topological polar surface area (TPSA) is 76.5 Å². The highest BCUT2D eigenvalue weighted by molar-refractivity contribution is 5.18. The summed E-state index contributed by atoms with van der Waals surface area (Å²) in [6.45, 7) is 3.22. The van der Waals surface area contributed by atoms with Crippen LogP contribution in [0.1, 0.15) is 19.6 Å². The van der Waals surface area contributed by atoms with Gasteiger partial charge in [-0.05, 0) is 19.9 Å². The van der Waals surface area contributed by atoms with Crippen LogP contribution >= 0.6 is 0 Å². The van der Waals surface area contributed by atoms with Gasteiger partial charge in [0.2, 0.25) is 0 Å². The second kappa shape index (κ2) is 3.18. The molecule has 1 N–H and O–H groups in total. The maximum Gasteiger partial charge on any atom is 0.433 e. The summed E-state index contributed by atoms with van der Waals surface area (Å²) >= 11 is 0. The van der Waals surface area contributed by atoms with Gasteiger partial charge in [-0.1, -0.05) is 0 Å². The lowest BCUT2D eigenvalue weighted by Crippen LogP contribution is -2.21. The van der Waals surface area contributed by atoms with Crippen LogP contribution < -0.4 is 0 Å². The Hall–Kier alpha value is -1.36. The van der Waals surface area contributed by atoms with Crippen LogP contribution in [0.2, 0.25) is 0 Å². The third kappa shape index (κ3) is 2.87. The van der Waals surface area contributed by atoms with Gasteiger partial charge in [0, 0.05) is 6.42 Å². The Balaban J connectivity index is 2.75. The van der Waals surface area contributed by atoms with E-state index in [0.717, 1.165) is 0 Å². The molecule has 0 aliphatic carbocycles. The molecule has 13 heavy (non-hydrogen) atoms. The molecule has 1 aromatic rings. The molecule has 0 saturated carbocycles. The predicted molar refractivity (Wildman–Crippen MR) is 45.4 cm³/mol. The van der Waals surface area contributed by atoms with Crippen molar-refractivity contribution in [3.8, 4) is 0 Å². The van der Waals surface area contributed by atoms with E-state index in [1.165, 1.54) is 12.1 Å². The molecule has 0 atom stereocenters. The first-order valence-electron chi connectivity index (χ1n) is 3.84. The molecule has 0 aromatic carbocycles. The van der Waals surface area contributed by atoms with Crippen molar-refractivity contribution in [2.45, 2.75) is 25.9 Å². The van der Waals surface area contributed by atoms with E-state index in [4.69, 9.17) is 4.42 Å². The Morgan fingerprint density at radius 2 is 2.23 bits per heavy atom. The lowest BCUT2D eigenvalue weighted by Gasteiger charge is -2.13. The average molecular weight is 185 g/mol. The van der Waals surface area contributed by atoms with Gasteiger partial charge < -0.3 is 9.52 Å². The summed E-state index contributed by atoms with van der Waals surface area (Å²) in [7, 11) is 0. The maximum absolute atomic E-state index is 10.2. The van der Waals surface area contributed by atoms with Crippen molar-refractivity contribution >= 4 is 5.88 Å². The van der Waals surface area contributed by atoms with Crippen LogP contribution in [-0.2, 0) is 6.42 Å².